The lowest BCUT2D eigenvalue weighted by molar-refractivity contribution is 0.318. The van der Waals surface area contributed by atoms with Crippen LogP contribution in [0.1, 0.15) is 30.0 Å². The average Bonchev–Trinajstić information content (AvgIpc) is 3.19. The lowest BCUT2D eigenvalue weighted by Gasteiger charge is -2.08. The fraction of sp³-hybridized carbons (Fsp3) is 0.231. The molecule has 0 spiro atoms. The predicted octanol–water partition coefficient (Wildman–Crippen LogP) is 2.75. The van der Waals surface area contributed by atoms with Crippen LogP contribution in [0.4, 0.5) is 4.39 Å². The monoisotopic (exact) mass is 338 g/mol. The Labute approximate surface area is 123 Å². The van der Waals surface area contributed by atoms with Gasteiger partial charge in [0.25, 0.3) is 0 Å². The fourth-order valence-corrected chi connectivity index (χ4v) is 2.58. The van der Waals surface area contributed by atoms with Gasteiger partial charge in [0.2, 0.25) is 0 Å². The molecule has 1 fully saturated rings. The van der Waals surface area contributed by atoms with Crippen LogP contribution in [0.15, 0.2) is 34.0 Å². The topological polar surface area (TPSA) is 76.4 Å². The summed E-state index contributed by atoms with van der Waals surface area (Å²) in [5.41, 5.74) is 7.09. The van der Waals surface area contributed by atoms with E-state index in [0.717, 1.165) is 18.5 Å². The Kier molecular flexibility index (Phi) is 3.21. The molecule has 3 N–H and O–H groups in total. The van der Waals surface area contributed by atoms with E-state index in [0.29, 0.717) is 17.2 Å². The van der Waals surface area contributed by atoms with Crippen molar-refractivity contribution in [2.75, 3.05) is 0 Å². The molecule has 20 heavy (non-hydrogen) atoms. The molecule has 7 heteroatoms. The number of hydrogen-bond donors (Lipinski definition) is 2. The summed E-state index contributed by atoms with van der Waals surface area (Å²) < 4.78 is 16.0. The number of nitrogens with two attached hydrogens (primary N) is 1. The molecule has 104 valence electrons. The largest absolute Gasteiger partial charge is 0.409 e. The van der Waals surface area contributed by atoms with E-state index in [4.69, 9.17) is 10.9 Å². The maximum Gasteiger partial charge on any atom is 0.171 e. The summed E-state index contributed by atoms with van der Waals surface area (Å²) >= 11 is 3.13. The molecule has 0 radical (unpaired) electrons. The minimum Gasteiger partial charge on any atom is -0.409 e. The van der Waals surface area contributed by atoms with Crippen molar-refractivity contribution in [2.24, 2.45) is 10.9 Å². The quantitative estimate of drug-likeness (QED) is 0.391. The summed E-state index contributed by atoms with van der Waals surface area (Å²) in [6.07, 6.45) is 4.03. The number of nitrogens with zero attached hydrogens (tertiary/aromatic N) is 3. The Bertz CT molecular complexity index is 694. The van der Waals surface area contributed by atoms with Crippen molar-refractivity contribution in [3.05, 3.63) is 45.9 Å². The third-order valence-corrected chi connectivity index (χ3v) is 4.07. The Morgan fingerprint density at radius 3 is 2.85 bits per heavy atom. The van der Waals surface area contributed by atoms with Crippen molar-refractivity contribution in [2.45, 2.75) is 18.8 Å². The first-order valence-electron chi connectivity index (χ1n) is 6.13. The molecule has 1 saturated carbocycles. The van der Waals surface area contributed by atoms with Gasteiger partial charge in [0, 0.05) is 17.7 Å². The van der Waals surface area contributed by atoms with Crippen molar-refractivity contribution in [3.63, 3.8) is 0 Å². The maximum atomic E-state index is 14.4. The van der Waals surface area contributed by atoms with Crippen LogP contribution < -0.4 is 5.73 Å². The number of amidine groups is 1. The van der Waals surface area contributed by atoms with Gasteiger partial charge < -0.3 is 10.9 Å². The van der Waals surface area contributed by atoms with E-state index >= 15 is 0 Å². The normalized spacial score (nSPS) is 15.6. The lowest BCUT2D eigenvalue weighted by atomic mass is 10.2. The second-order valence-corrected chi connectivity index (χ2v) is 5.50. The van der Waals surface area contributed by atoms with Gasteiger partial charge in [0.05, 0.1) is 10.2 Å². The molecular weight excluding hydrogens is 327 g/mol. The number of aromatic nitrogens is 2. The van der Waals surface area contributed by atoms with Crippen LogP contribution in [0.2, 0.25) is 0 Å². The Hall–Kier alpha value is -1.89. The maximum absolute atomic E-state index is 14.4. The number of benzene rings is 1. The molecule has 0 amide bonds. The zero-order valence-corrected chi connectivity index (χ0v) is 12.0. The molecule has 3 rings (SSSR count). The van der Waals surface area contributed by atoms with Crippen molar-refractivity contribution in [1.82, 2.24) is 9.78 Å². The van der Waals surface area contributed by atoms with Crippen LogP contribution in [0.25, 0.3) is 5.69 Å². The number of rotatable bonds is 3. The molecule has 1 aromatic heterocycles. The highest BCUT2D eigenvalue weighted by Crippen LogP contribution is 2.39. The van der Waals surface area contributed by atoms with Gasteiger partial charge in [0.15, 0.2) is 11.7 Å². The Balaban J connectivity index is 2.03. The van der Waals surface area contributed by atoms with E-state index in [9.17, 15) is 4.39 Å². The fourth-order valence-electron chi connectivity index (χ4n) is 2.04. The molecule has 0 atom stereocenters. The van der Waals surface area contributed by atoms with Gasteiger partial charge in [-0.15, -0.1) is 0 Å². The first-order valence-corrected chi connectivity index (χ1v) is 6.93. The Morgan fingerprint density at radius 1 is 1.45 bits per heavy atom. The van der Waals surface area contributed by atoms with E-state index < -0.39 is 5.82 Å². The first-order chi connectivity index (χ1) is 9.61. The van der Waals surface area contributed by atoms with Gasteiger partial charge in [-0.3, -0.25) is 0 Å². The molecule has 5 nitrogen and oxygen atoms in total. The molecule has 2 aromatic rings. The third kappa shape index (κ3) is 2.18. The number of oxime groups is 1. The van der Waals surface area contributed by atoms with E-state index in [1.54, 1.807) is 18.3 Å². The smallest absolute Gasteiger partial charge is 0.171 e. The highest BCUT2D eigenvalue weighted by molar-refractivity contribution is 9.10. The lowest BCUT2D eigenvalue weighted by Crippen LogP contribution is -2.15. The summed E-state index contributed by atoms with van der Waals surface area (Å²) in [7, 11) is 0. The van der Waals surface area contributed by atoms with Crippen LogP contribution in [-0.4, -0.2) is 20.8 Å². The first kappa shape index (κ1) is 13.1. The molecule has 1 aliphatic rings. The molecule has 0 unspecified atom stereocenters. The average molecular weight is 339 g/mol. The van der Waals surface area contributed by atoms with Crippen molar-refractivity contribution in [3.8, 4) is 5.69 Å². The molecule has 1 heterocycles. The predicted molar refractivity (Wildman–Crippen MR) is 75.7 cm³/mol. The SMILES string of the molecule is N/C(=N/O)c1ccc(-n2ccc(C3CC3)n2)c(F)c1Br. The van der Waals surface area contributed by atoms with Crippen LogP contribution in [-0.2, 0) is 0 Å². The minimum absolute atomic E-state index is 0.147. The van der Waals surface area contributed by atoms with Gasteiger partial charge in [0.1, 0.15) is 5.69 Å². The van der Waals surface area contributed by atoms with Crippen molar-refractivity contribution in [1.29, 1.82) is 0 Å². The molecule has 1 aromatic carbocycles. The van der Waals surface area contributed by atoms with Crippen LogP contribution in [0, 0.1) is 5.82 Å². The number of hydrogen-bond acceptors (Lipinski definition) is 3. The summed E-state index contributed by atoms with van der Waals surface area (Å²) in [6.45, 7) is 0. The van der Waals surface area contributed by atoms with Gasteiger partial charge in [-0.2, -0.15) is 5.10 Å². The zero-order chi connectivity index (χ0) is 14.3. The number of halogens is 2. The van der Waals surface area contributed by atoms with Crippen LogP contribution >= 0.6 is 15.9 Å². The van der Waals surface area contributed by atoms with Crippen LogP contribution in [0.3, 0.4) is 0 Å². The van der Waals surface area contributed by atoms with Crippen molar-refractivity contribution >= 4 is 21.8 Å². The zero-order valence-electron chi connectivity index (χ0n) is 10.4. The van der Waals surface area contributed by atoms with Gasteiger partial charge in [-0.1, -0.05) is 5.16 Å². The van der Waals surface area contributed by atoms with E-state index in [1.807, 2.05) is 6.07 Å². The molecule has 0 bridgehead atoms. The summed E-state index contributed by atoms with van der Waals surface area (Å²) in [4.78, 5) is 0. The second kappa shape index (κ2) is 4.90. The second-order valence-electron chi connectivity index (χ2n) is 4.70. The van der Waals surface area contributed by atoms with E-state index in [1.165, 1.54) is 4.68 Å². The summed E-state index contributed by atoms with van der Waals surface area (Å²) in [6, 6.07) is 5.04. The van der Waals surface area contributed by atoms with Gasteiger partial charge in [-0.05, 0) is 47.0 Å². The van der Waals surface area contributed by atoms with E-state index in [2.05, 4.69) is 26.2 Å². The minimum atomic E-state index is -0.500. The van der Waals surface area contributed by atoms with E-state index in [-0.39, 0.29) is 10.3 Å². The van der Waals surface area contributed by atoms with Crippen LogP contribution in [0.5, 0.6) is 0 Å². The molecular formula is C13H12BrFN4O. The highest BCUT2D eigenvalue weighted by atomic mass is 79.9. The highest BCUT2D eigenvalue weighted by Gasteiger charge is 2.26. The van der Waals surface area contributed by atoms with Gasteiger partial charge >= 0.3 is 0 Å². The van der Waals surface area contributed by atoms with Crippen molar-refractivity contribution < 1.29 is 9.60 Å². The summed E-state index contributed by atoms with van der Waals surface area (Å²) in [5, 5.41) is 15.9. The summed E-state index contributed by atoms with van der Waals surface area (Å²) in [5.74, 6) is -0.139. The van der Waals surface area contributed by atoms with Gasteiger partial charge in [-0.25, -0.2) is 9.07 Å². The molecule has 0 aliphatic heterocycles. The molecule has 1 aliphatic carbocycles. The third-order valence-electron chi connectivity index (χ3n) is 3.30. The standard InChI is InChI=1S/C13H12BrFN4O/c14-11-8(13(16)18-20)3-4-10(12(11)15)19-6-5-9(17-19)7-1-2-7/h3-7,20H,1-2H2,(H2,16,18). The molecule has 0 saturated heterocycles. The Morgan fingerprint density at radius 2 is 2.20 bits per heavy atom.